The number of para-hydroxylation sites is 1. The summed E-state index contributed by atoms with van der Waals surface area (Å²) >= 11 is 0. The first-order chi connectivity index (χ1) is 14.0. The molecule has 8 heteroatoms. The first kappa shape index (κ1) is 18.7. The molecule has 1 aliphatic rings. The van der Waals surface area contributed by atoms with Gasteiger partial charge in [0.25, 0.3) is 5.91 Å². The minimum absolute atomic E-state index is 0.0594. The Hall–Kier alpha value is -3.68. The van der Waals surface area contributed by atoms with Crippen LogP contribution in [-0.2, 0) is 4.79 Å². The van der Waals surface area contributed by atoms with Gasteiger partial charge in [0, 0.05) is 25.2 Å². The average Bonchev–Trinajstić information content (AvgIpc) is 3.21. The van der Waals surface area contributed by atoms with E-state index < -0.39 is 6.17 Å². The second kappa shape index (κ2) is 7.38. The van der Waals surface area contributed by atoms with E-state index in [1.54, 1.807) is 49.5 Å². The predicted molar refractivity (Wildman–Crippen MR) is 107 cm³/mol. The third kappa shape index (κ3) is 3.22. The molecule has 7 nitrogen and oxygen atoms in total. The number of amides is 2. The van der Waals surface area contributed by atoms with E-state index in [0.717, 1.165) is 5.56 Å². The zero-order valence-electron chi connectivity index (χ0n) is 16.0. The van der Waals surface area contributed by atoms with Gasteiger partial charge in [-0.2, -0.15) is 5.10 Å². The van der Waals surface area contributed by atoms with Crippen molar-refractivity contribution in [3.8, 4) is 11.3 Å². The molecule has 0 unspecified atom stereocenters. The number of benzene rings is 2. The molecule has 0 saturated heterocycles. The SMILES string of the molecule is CNC(=O)CN1c2ccccc2C(=O)N(C)[C@@H]1c1cn[nH]c1-c1ccc(F)cc1. The monoisotopic (exact) mass is 393 g/mol. The van der Waals surface area contributed by atoms with E-state index in [1.165, 1.54) is 12.1 Å². The summed E-state index contributed by atoms with van der Waals surface area (Å²) in [6.45, 7) is 0.0594. The first-order valence-electron chi connectivity index (χ1n) is 9.14. The van der Waals surface area contributed by atoms with Crippen molar-refractivity contribution in [1.82, 2.24) is 20.4 Å². The molecule has 2 aromatic carbocycles. The van der Waals surface area contributed by atoms with Crippen LogP contribution in [-0.4, -0.2) is 47.6 Å². The Kier molecular flexibility index (Phi) is 4.75. The van der Waals surface area contributed by atoms with E-state index in [2.05, 4.69) is 15.5 Å². The number of H-pyrrole nitrogens is 1. The molecule has 1 aliphatic heterocycles. The molecule has 0 bridgehead atoms. The predicted octanol–water partition coefficient (Wildman–Crippen LogP) is 2.55. The third-order valence-electron chi connectivity index (χ3n) is 5.10. The number of aromatic amines is 1. The molecule has 0 radical (unpaired) electrons. The van der Waals surface area contributed by atoms with Gasteiger partial charge in [0.15, 0.2) is 0 Å². The van der Waals surface area contributed by atoms with Gasteiger partial charge in [-0.3, -0.25) is 14.7 Å². The van der Waals surface area contributed by atoms with Crippen molar-refractivity contribution in [3.63, 3.8) is 0 Å². The van der Waals surface area contributed by atoms with Gasteiger partial charge in [0.1, 0.15) is 12.0 Å². The van der Waals surface area contributed by atoms with Crippen LogP contribution >= 0.6 is 0 Å². The van der Waals surface area contributed by atoms with Crippen molar-refractivity contribution in [2.45, 2.75) is 6.17 Å². The zero-order valence-corrected chi connectivity index (χ0v) is 16.0. The number of nitrogens with zero attached hydrogens (tertiary/aromatic N) is 3. The van der Waals surface area contributed by atoms with Crippen molar-refractivity contribution in [1.29, 1.82) is 0 Å². The van der Waals surface area contributed by atoms with Crippen LogP contribution in [0.3, 0.4) is 0 Å². The van der Waals surface area contributed by atoms with E-state index >= 15 is 0 Å². The number of carbonyl (C=O) groups excluding carboxylic acids is 2. The number of hydrogen-bond donors (Lipinski definition) is 2. The molecule has 4 rings (SSSR count). The lowest BCUT2D eigenvalue weighted by Gasteiger charge is -2.43. The molecule has 0 aliphatic carbocycles. The van der Waals surface area contributed by atoms with Crippen molar-refractivity contribution in [2.75, 3.05) is 25.5 Å². The lowest BCUT2D eigenvalue weighted by atomic mass is 9.99. The second-order valence-corrected chi connectivity index (χ2v) is 6.82. The maximum absolute atomic E-state index is 13.4. The minimum atomic E-state index is -0.562. The number of nitrogens with one attached hydrogen (secondary N) is 2. The van der Waals surface area contributed by atoms with E-state index in [4.69, 9.17) is 0 Å². The second-order valence-electron chi connectivity index (χ2n) is 6.82. The molecule has 148 valence electrons. The Balaban J connectivity index is 1.85. The van der Waals surface area contributed by atoms with E-state index in [-0.39, 0.29) is 24.2 Å². The Morgan fingerprint density at radius 1 is 1.21 bits per heavy atom. The summed E-state index contributed by atoms with van der Waals surface area (Å²) in [4.78, 5) is 28.8. The number of aromatic nitrogens is 2. The average molecular weight is 393 g/mol. The molecule has 3 aromatic rings. The maximum atomic E-state index is 13.4. The van der Waals surface area contributed by atoms with Gasteiger partial charge >= 0.3 is 0 Å². The quantitative estimate of drug-likeness (QED) is 0.714. The van der Waals surface area contributed by atoms with Gasteiger partial charge in [-0.25, -0.2) is 4.39 Å². The third-order valence-corrected chi connectivity index (χ3v) is 5.10. The molecular formula is C21H20FN5O2. The number of anilines is 1. The number of halogens is 1. The highest BCUT2D eigenvalue weighted by Crippen LogP contribution is 2.40. The lowest BCUT2D eigenvalue weighted by Crippen LogP contribution is -2.50. The summed E-state index contributed by atoms with van der Waals surface area (Å²) in [6, 6.07) is 13.2. The Morgan fingerprint density at radius 3 is 2.66 bits per heavy atom. The summed E-state index contributed by atoms with van der Waals surface area (Å²) in [5.41, 5.74) is 3.32. The first-order valence-corrected chi connectivity index (χ1v) is 9.14. The maximum Gasteiger partial charge on any atom is 0.257 e. The highest BCUT2D eigenvalue weighted by Gasteiger charge is 2.38. The van der Waals surface area contributed by atoms with Crippen LogP contribution in [0, 0.1) is 5.82 Å². The summed E-state index contributed by atoms with van der Waals surface area (Å²) in [5, 5.41) is 9.75. The van der Waals surface area contributed by atoms with Crippen molar-refractivity contribution >= 4 is 17.5 Å². The largest absolute Gasteiger partial charge is 0.358 e. The molecule has 0 fully saturated rings. The Morgan fingerprint density at radius 2 is 1.93 bits per heavy atom. The van der Waals surface area contributed by atoms with Crippen molar-refractivity contribution < 1.29 is 14.0 Å². The normalized spacial score (nSPS) is 16.0. The summed E-state index contributed by atoms with van der Waals surface area (Å²) in [5.74, 6) is -0.667. The highest BCUT2D eigenvalue weighted by molar-refractivity contribution is 6.03. The molecule has 29 heavy (non-hydrogen) atoms. The number of rotatable bonds is 4. The molecule has 0 spiro atoms. The van der Waals surface area contributed by atoms with Crippen LogP contribution in [0.25, 0.3) is 11.3 Å². The topological polar surface area (TPSA) is 81.3 Å². The number of fused-ring (bicyclic) bond motifs is 1. The molecular weight excluding hydrogens is 373 g/mol. The van der Waals surface area contributed by atoms with Crippen LogP contribution in [0.15, 0.2) is 54.7 Å². The van der Waals surface area contributed by atoms with Gasteiger partial charge < -0.3 is 15.1 Å². The number of likely N-dealkylation sites (N-methyl/N-ethyl adjacent to an activating group) is 1. The standard InChI is InChI=1S/C21H20FN5O2/c1-23-18(28)12-27-17-6-4-3-5-15(17)21(29)26(2)20(27)16-11-24-25-19(16)13-7-9-14(22)10-8-13/h3-11,20H,12H2,1-2H3,(H,23,28)(H,24,25)/t20-/m0/s1. The molecule has 2 heterocycles. The van der Waals surface area contributed by atoms with Crippen LogP contribution in [0.4, 0.5) is 10.1 Å². The van der Waals surface area contributed by atoms with Crippen molar-refractivity contribution in [2.24, 2.45) is 0 Å². The fraction of sp³-hybridized carbons (Fsp3) is 0.190. The van der Waals surface area contributed by atoms with Gasteiger partial charge in [0.2, 0.25) is 5.91 Å². The van der Waals surface area contributed by atoms with E-state index in [1.807, 2.05) is 17.0 Å². The molecule has 2 N–H and O–H groups in total. The Bertz CT molecular complexity index is 1060. The Labute approximate surface area is 167 Å². The fourth-order valence-corrected chi connectivity index (χ4v) is 3.67. The molecule has 2 amide bonds. The van der Waals surface area contributed by atoms with Gasteiger partial charge in [0.05, 0.1) is 29.7 Å². The molecule has 1 aromatic heterocycles. The number of hydrogen-bond acceptors (Lipinski definition) is 4. The summed E-state index contributed by atoms with van der Waals surface area (Å²) < 4.78 is 13.4. The van der Waals surface area contributed by atoms with E-state index in [0.29, 0.717) is 22.5 Å². The highest BCUT2D eigenvalue weighted by atomic mass is 19.1. The van der Waals surface area contributed by atoms with Crippen molar-refractivity contribution in [3.05, 3.63) is 71.7 Å². The molecule has 0 saturated carbocycles. The minimum Gasteiger partial charge on any atom is -0.358 e. The van der Waals surface area contributed by atoms with Gasteiger partial charge in [-0.05, 0) is 36.4 Å². The number of carbonyl (C=O) groups is 2. The van der Waals surface area contributed by atoms with Crippen LogP contribution in [0.1, 0.15) is 22.1 Å². The van der Waals surface area contributed by atoms with Gasteiger partial charge in [-0.15, -0.1) is 0 Å². The van der Waals surface area contributed by atoms with Gasteiger partial charge in [-0.1, -0.05) is 12.1 Å². The lowest BCUT2D eigenvalue weighted by molar-refractivity contribution is -0.119. The van der Waals surface area contributed by atoms with Crippen LogP contribution in [0.2, 0.25) is 0 Å². The fourth-order valence-electron chi connectivity index (χ4n) is 3.67. The summed E-state index contributed by atoms with van der Waals surface area (Å²) in [7, 11) is 3.27. The van der Waals surface area contributed by atoms with E-state index in [9.17, 15) is 14.0 Å². The van der Waals surface area contributed by atoms with Crippen LogP contribution in [0.5, 0.6) is 0 Å². The smallest absolute Gasteiger partial charge is 0.257 e. The molecule has 1 atom stereocenters. The van der Waals surface area contributed by atoms with Crippen LogP contribution < -0.4 is 10.2 Å². The zero-order chi connectivity index (χ0) is 20.5. The summed E-state index contributed by atoms with van der Waals surface area (Å²) in [6.07, 6.45) is 1.08.